The van der Waals surface area contributed by atoms with Crippen molar-refractivity contribution in [1.82, 2.24) is 10.4 Å². The number of carbonyl (C=O) groups is 1. The van der Waals surface area contributed by atoms with Crippen LogP contribution >= 0.6 is 11.6 Å². The lowest BCUT2D eigenvalue weighted by Crippen LogP contribution is -2.53. The number of aryl methyl sites for hydroxylation is 1. The monoisotopic (exact) mass is 411 g/mol. The lowest BCUT2D eigenvalue weighted by Gasteiger charge is -2.28. The minimum Gasteiger partial charge on any atom is -0.384 e. The van der Waals surface area contributed by atoms with Crippen LogP contribution in [0, 0.1) is 6.92 Å². The van der Waals surface area contributed by atoms with E-state index in [0.29, 0.717) is 16.9 Å². The van der Waals surface area contributed by atoms with Crippen LogP contribution in [0.2, 0.25) is 5.02 Å². The molecule has 10 heteroatoms. The van der Waals surface area contributed by atoms with Crippen LogP contribution < -0.4 is 21.5 Å². The second-order valence-electron chi connectivity index (χ2n) is 6.51. The summed E-state index contributed by atoms with van der Waals surface area (Å²) in [5.41, 5.74) is 8.32. The van der Waals surface area contributed by atoms with Gasteiger partial charge in [0, 0.05) is 6.20 Å². The first-order valence-corrected chi connectivity index (χ1v) is 8.55. The molecule has 0 saturated carbocycles. The van der Waals surface area contributed by atoms with Gasteiger partial charge in [-0.05, 0) is 43.7 Å². The Morgan fingerprint density at radius 2 is 2.04 bits per heavy atom. The number of amides is 1. The van der Waals surface area contributed by atoms with Crippen molar-refractivity contribution in [3.63, 3.8) is 0 Å². The zero-order chi connectivity index (χ0) is 20.7. The number of nitrogens with zero attached hydrogens (tertiary/aromatic N) is 2. The van der Waals surface area contributed by atoms with Crippen LogP contribution in [0.4, 0.5) is 24.7 Å². The second kappa shape index (κ2) is 6.99. The number of pyridine rings is 1. The molecule has 28 heavy (non-hydrogen) atoms. The molecule has 1 atom stereocenters. The number of carbonyl (C=O) groups excluding carboxylic acids is 1. The SMILES string of the molecule is Cc1cccc(Cl)c1N1NC(C)(C(=O)Nc2ccc(C(F)(F)F)cn2)C=C1N. The molecule has 0 spiro atoms. The van der Waals surface area contributed by atoms with Crippen LogP contribution in [-0.2, 0) is 11.0 Å². The molecule has 1 aromatic heterocycles. The largest absolute Gasteiger partial charge is 0.417 e. The summed E-state index contributed by atoms with van der Waals surface area (Å²) in [4.78, 5) is 16.4. The number of halogens is 4. The Morgan fingerprint density at radius 1 is 1.32 bits per heavy atom. The lowest BCUT2D eigenvalue weighted by atomic mass is 10.0. The predicted molar refractivity (Wildman–Crippen MR) is 100 cm³/mol. The van der Waals surface area contributed by atoms with E-state index in [9.17, 15) is 18.0 Å². The predicted octanol–water partition coefficient (Wildman–Crippen LogP) is 3.58. The molecule has 0 bridgehead atoms. The van der Waals surface area contributed by atoms with Crippen molar-refractivity contribution >= 4 is 29.0 Å². The Kier molecular flexibility index (Phi) is 4.99. The Hall–Kier alpha value is -2.78. The van der Waals surface area contributed by atoms with Gasteiger partial charge in [0.1, 0.15) is 17.2 Å². The molecule has 0 aliphatic carbocycles. The third kappa shape index (κ3) is 3.76. The minimum atomic E-state index is -4.50. The molecule has 0 saturated heterocycles. The Balaban J connectivity index is 1.79. The van der Waals surface area contributed by atoms with E-state index in [4.69, 9.17) is 17.3 Å². The van der Waals surface area contributed by atoms with Gasteiger partial charge in [-0.2, -0.15) is 13.2 Å². The fourth-order valence-corrected chi connectivity index (χ4v) is 3.08. The lowest BCUT2D eigenvalue weighted by molar-refractivity contribution is -0.137. The molecule has 4 N–H and O–H groups in total. The van der Waals surface area contributed by atoms with Gasteiger partial charge in [0.05, 0.1) is 16.3 Å². The molecule has 3 rings (SSSR count). The fraction of sp³-hybridized carbons (Fsp3) is 0.222. The average Bonchev–Trinajstić information content (AvgIpc) is 2.90. The number of nitrogens with two attached hydrogens (primary N) is 1. The van der Waals surface area contributed by atoms with Crippen molar-refractivity contribution < 1.29 is 18.0 Å². The summed E-state index contributed by atoms with van der Waals surface area (Å²) in [6.07, 6.45) is -2.35. The Labute approximate surface area is 164 Å². The number of benzene rings is 1. The molecule has 148 valence electrons. The van der Waals surface area contributed by atoms with Gasteiger partial charge in [0.15, 0.2) is 0 Å². The molecule has 0 radical (unpaired) electrons. The molecule has 1 unspecified atom stereocenters. The van der Waals surface area contributed by atoms with Crippen LogP contribution in [0.3, 0.4) is 0 Å². The molecule has 0 fully saturated rings. The van der Waals surface area contributed by atoms with Crippen LogP contribution in [0.25, 0.3) is 0 Å². The molecule has 1 amide bonds. The van der Waals surface area contributed by atoms with E-state index in [1.165, 1.54) is 11.1 Å². The summed E-state index contributed by atoms with van der Waals surface area (Å²) in [6.45, 7) is 3.42. The number of para-hydroxylation sites is 1. The Bertz CT molecular complexity index is 925. The first-order valence-electron chi connectivity index (χ1n) is 8.17. The number of nitrogens with one attached hydrogen (secondary N) is 2. The maximum atomic E-state index is 12.7. The van der Waals surface area contributed by atoms with Crippen LogP contribution in [-0.4, -0.2) is 16.4 Å². The fourth-order valence-electron chi connectivity index (χ4n) is 2.78. The van der Waals surface area contributed by atoms with E-state index in [-0.39, 0.29) is 11.6 Å². The summed E-state index contributed by atoms with van der Waals surface area (Å²) in [5, 5.41) is 4.43. The van der Waals surface area contributed by atoms with Crippen molar-refractivity contribution in [3.05, 3.63) is 64.6 Å². The number of aromatic nitrogens is 1. The molecular formula is C18H17ClF3N5O. The van der Waals surface area contributed by atoms with E-state index in [0.717, 1.165) is 17.7 Å². The quantitative estimate of drug-likeness (QED) is 0.719. The van der Waals surface area contributed by atoms with Gasteiger partial charge in [-0.1, -0.05) is 23.7 Å². The zero-order valence-electron chi connectivity index (χ0n) is 14.9. The molecular weight excluding hydrogens is 395 g/mol. The number of hydrogen-bond acceptors (Lipinski definition) is 5. The molecule has 2 aromatic rings. The van der Waals surface area contributed by atoms with Gasteiger partial charge in [0.2, 0.25) is 0 Å². The summed E-state index contributed by atoms with van der Waals surface area (Å²) >= 11 is 6.26. The highest BCUT2D eigenvalue weighted by Gasteiger charge is 2.40. The maximum Gasteiger partial charge on any atom is 0.417 e. The standard InChI is InChI=1S/C18H17ClF3N5O/c1-10-4-3-5-12(19)15(10)27-13(23)8-17(2,26-27)16(28)25-14-7-6-11(9-24-14)18(20,21)22/h3-9,26H,23H2,1-2H3,(H,24,25,28). The van der Waals surface area contributed by atoms with Crippen molar-refractivity contribution in [3.8, 4) is 0 Å². The first kappa shape index (κ1) is 20.0. The maximum absolute atomic E-state index is 12.7. The van der Waals surface area contributed by atoms with Crippen molar-refractivity contribution in [2.24, 2.45) is 5.73 Å². The van der Waals surface area contributed by atoms with Gasteiger partial charge in [0.25, 0.3) is 5.91 Å². The molecule has 2 heterocycles. The first-order chi connectivity index (χ1) is 13.0. The summed E-state index contributed by atoms with van der Waals surface area (Å²) in [6, 6.07) is 7.26. The van der Waals surface area contributed by atoms with Crippen molar-refractivity contribution in [1.29, 1.82) is 0 Å². The highest BCUT2D eigenvalue weighted by Crippen LogP contribution is 2.34. The summed E-state index contributed by atoms with van der Waals surface area (Å²) < 4.78 is 37.9. The van der Waals surface area contributed by atoms with E-state index in [1.807, 2.05) is 13.0 Å². The Morgan fingerprint density at radius 3 is 2.61 bits per heavy atom. The number of alkyl halides is 3. The number of hydrogen-bond donors (Lipinski definition) is 3. The topological polar surface area (TPSA) is 83.3 Å². The number of rotatable bonds is 3. The van der Waals surface area contributed by atoms with Crippen LogP contribution in [0.5, 0.6) is 0 Å². The highest BCUT2D eigenvalue weighted by atomic mass is 35.5. The van der Waals surface area contributed by atoms with Gasteiger partial charge >= 0.3 is 6.18 Å². The molecule has 1 aliphatic rings. The normalized spacial score (nSPS) is 19.5. The van der Waals surface area contributed by atoms with E-state index in [2.05, 4.69) is 15.7 Å². The summed E-state index contributed by atoms with van der Waals surface area (Å²) in [7, 11) is 0. The molecule has 1 aliphatic heterocycles. The third-order valence-electron chi connectivity index (χ3n) is 4.26. The van der Waals surface area contributed by atoms with Crippen molar-refractivity contribution in [2.45, 2.75) is 25.6 Å². The van der Waals surface area contributed by atoms with Gasteiger partial charge in [-0.15, -0.1) is 0 Å². The van der Waals surface area contributed by atoms with Crippen molar-refractivity contribution in [2.75, 3.05) is 10.3 Å². The molecule has 1 aromatic carbocycles. The van der Waals surface area contributed by atoms with Crippen LogP contribution in [0.1, 0.15) is 18.1 Å². The number of anilines is 2. The smallest absolute Gasteiger partial charge is 0.384 e. The third-order valence-corrected chi connectivity index (χ3v) is 4.56. The minimum absolute atomic E-state index is 0.0135. The van der Waals surface area contributed by atoms with E-state index in [1.54, 1.807) is 19.1 Å². The average molecular weight is 412 g/mol. The van der Waals surface area contributed by atoms with Gasteiger partial charge < -0.3 is 11.1 Å². The summed E-state index contributed by atoms with van der Waals surface area (Å²) in [5.74, 6) is -0.301. The van der Waals surface area contributed by atoms with E-state index < -0.39 is 23.2 Å². The van der Waals surface area contributed by atoms with Gasteiger partial charge in [-0.3, -0.25) is 9.80 Å². The number of hydrazine groups is 1. The molecule has 6 nitrogen and oxygen atoms in total. The van der Waals surface area contributed by atoms with E-state index >= 15 is 0 Å². The van der Waals surface area contributed by atoms with Crippen LogP contribution in [0.15, 0.2) is 48.4 Å². The van der Waals surface area contributed by atoms with Gasteiger partial charge in [-0.25, -0.2) is 10.4 Å². The zero-order valence-corrected chi connectivity index (χ0v) is 15.7. The highest BCUT2D eigenvalue weighted by molar-refractivity contribution is 6.33. The second-order valence-corrected chi connectivity index (χ2v) is 6.92.